The Morgan fingerprint density at radius 2 is 1.41 bits per heavy atom. The summed E-state index contributed by atoms with van der Waals surface area (Å²) in [4.78, 5) is 0.555. The highest BCUT2D eigenvalue weighted by molar-refractivity contribution is 9.09. The minimum atomic E-state index is 0.246. The lowest BCUT2D eigenvalue weighted by atomic mass is 9.83. The summed E-state index contributed by atoms with van der Waals surface area (Å²) in [7, 11) is 0. The second-order valence-corrected chi connectivity index (χ2v) is 7.64. The first-order chi connectivity index (χ1) is 7.73. The minimum absolute atomic E-state index is 0.246. The first kappa shape index (κ1) is 14.8. The van der Waals surface area contributed by atoms with E-state index in [0.717, 1.165) is 0 Å². The first-order valence-corrected chi connectivity index (χ1v) is 7.39. The molecule has 17 heavy (non-hydrogen) atoms. The molecule has 96 valence electrons. The Labute approximate surface area is 115 Å². The Balaban J connectivity index is 2.88. The van der Waals surface area contributed by atoms with Gasteiger partial charge in [0, 0.05) is 4.83 Å². The van der Waals surface area contributed by atoms with Crippen LogP contribution >= 0.6 is 15.9 Å². The average molecular weight is 297 g/mol. The third-order valence-corrected chi connectivity index (χ3v) is 4.65. The fourth-order valence-electron chi connectivity index (χ4n) is 1.99. The van der Waals surface area contributed by atoms with Gasteiger partial charge in [0.1, 0.15) is 0 Å². The van der Waals surface area contributed by atoms with Crippen LogP contribution in [0.2, 0.25) is 0 Å². The number of alkyl halides is 1. The van der Waals surface area contributed by atoms with Gasteiger partial charge in [-0.3, -0.25) is 0 Å². The van der Waals surface area contributed by atoms with E-state index in [2.05, 4.69) is 81.7 Å². The lowest BCUT2D eigenvalue weighted by Gasteiger charge is -2.24. The van der Waals surface area contributed by atoms with Gasteiger partial charge in [0.05, 0.1) is 0 Å². The lowest BCUT2D eigenvalue weighted by molar-refractivity contribution is 0.489. The first-order valence-electron chi connectivity index (χ1n) is 6.48. The molecule has 0 nitrogen and oxygen atoms in total. The summed E-state index contributed by atoms with van der Waals surface area (Å²) in [6, 6.07) is 9.13. The van der Waals surface area contributed by atoms with Crippen LogP contribution in [0.15, 0.2) is 24.3 Å². The minimum Gasteiger partial charge on any atom is -0.0891 e. The maximum absolute atomic E-state index is 3.68. The second-order valence-electron chi connectivity index (χ2n) is 6.20. The quantitative estimate of drug-likeness (QED) is 0.646. The number of hydrogen-bond acceptors (Lipinski definition) is 0. The van der Waals surface area contributed by atoms with Gasteiger partial charge in [0.15, 0.2) is 0 Å². The van der Waals surface area contributed by atoms with Crippen LogP contribution in [0.5, 0.6) is 0 Å². The SMILES string of the molecule is CC(Br)C(C)C(C)c1ccc(C(C)(C)C)cc1. The molecule has 1 heteroatoms. The van der Waals surface area contributed by atoms with Crippen molar-refractivity contribution in [3.05, 3.63) is 35.4 Å². The molecule has 0 N–H and O–H groups in total. The number of benzene rings is 1. The van der Waals surface area contributed by atoms with Crippen LogP contribution in [0.1, 0.15) is 58.6 Å². The number of halogens is 1. The number of hydrogen-bond donors (Lipinski definition) is 0. The van der Waals surface area contributed by atoms with Crippen LogP contribution in [0, 0.1) is 5.92 Å². The van der Waals surface area contributed by atoms with Gasteiger partial charge in [0.2, 0.25) is 0 Å². The zero-order chi connectivity index (χ0) is 13.2. The molecule has 0 fully saturated rings. The van der Waals surface area contributed by atoms with Crippen LogP contribution in [0.25, 0.3) is 0 Å². The molecular weight excluding hydrogens is 272 g/mol. The van der Waals surface area contributed by atoms with Crippen molar-refractivity contribution in [1.29, 1.82) is 0 Å². The Morgan fingerprint density at radius 3 is 1.76 bits per heavy atom. The van der Waals surface area contributed by atoms with Gasteiger partial charge in [-0.25, -0.2) is 0 Å². The van der Waals surface area contributed by atoms with E-state index in [1.807, 2.05) is 0 Å². The fraction of sp³-hybridized carbons (Fsp3) is 0.625. The zero-order valence-electron chi connectivity index (χ0n) is 11.9. The van der Waals surface area contributed by atoms with Crippen LogP contribution < -0.4 is 0 Å². The summed E-state index contributed by atoms with van der Waals surface area (Å²) in [6.45, 7) is 13.6. The lowest BCUT2D eigenvalue weighted by Crippen LogP contribution is -2.15. The molecule has 0 bridgehead atoms. The molecule has 0 radical (unpaired) electrons. The normalized spacial score (nSPS) is 17.6. The van der Waals surface area contributed by atoms with Crippen molar-refractivity contribution in [2.75, 3.05) is 0 Å². The van der Waals surface area contributed by atoms with Gasteiger partial charge in [-0.2, -0.15) is 0 Å². The largest absolute Gasteiger partial charge is 0.0891 e. The molecule has 0 saturated carbocycles. The molecule has 1 aromatic carbocycles. The maximum Gasteiger partial charge on any atom is 0.0148 e. The smallest absolute Gasteiger partial charge is 0.0148 e. The predicted octanol–water partition coefficient (Wildman–Crippen LogP) is 5.51. The Bertz CT molecular complexity index is 343. The highest BCUT2D eigenvalue weighted by atomic mass is 79.9. The Kier molecular flexibility index (Phi) is 4.83. The highest BCUT2D eigenvalue weighted by Gasteiger charge is 2.19. The van der Waals surface area contributed by atoms with Crippen molar-refractivity contribution in [3.8, 4) is 0 Å². The van der Waals surface area contributed by atoms with Gasteiger partial charge in [-0.05, 0) is 28.4 Å². The molecule has 0 aliphatic carbocycles. The summed E-state index contributed by atoms with van der Waals surface area (Å²) >= 11 is 3.68. The molecular formula is C16H25Br. The van der Waals surface area contributed by atoms with E-state index < -0.39 is 0 Å². The van der Waals surface area contributed by atoms with Gasteiger partial charge < -0.3 is 0 Å². The van der Waals surface area contributed by atoms with E-state index in [1.54, 1.807) is 0 Å². The summed E-state index contributed by atoms with van der Waals surface area (Å²) in [5.74, 6) is 1.24. The molecule has 0 amide bonds. The Hall–Kier alpha value is -0.300. The standard InChI is InChI=1S/C16H25Br/c1-11(13(3)17)12(2)14-7-9-15(10-8-14)16(4,5)6/h7-13H,1-6H3. The molecule has 0 saturated heterocycles. The highest BCUT2D eigenvalue weighted by Crippen LogP contribution is 2.31. The molecule has 0 aliphatic heterocycles. The van der Waals surface area contributed by atoms with Crippen LogP contribution in [0.3, 0.4) is 0 Å². The fourth-order valence-corrected chi connectivity index (χ4v) is 2.45. The predicted molar refractivity (Wildman–Crippen MR) is 81.1 cm³/mol. The molecule has 3 unspecified atom stereocenters. The van der Waals surface area contributed by atoms with Crippen molar-refractivity contribution < 1.29 is 0 Å². The van der Waals surface area contributed by atoms with E-state index in [1.165, 1.54) is 11.1 Å². The monoisotopic (exact) mass is 296 g/mol. The third kappa shape index (κ3) is 3.84. The third-order valence-electron chi connectivity index (χ3n) is 3.82. The van der Waals surface area contributed by atoms with Crippen LogP contribution in [0.4, 0.5) is 0 Å². The maximum atomic E-state index is 3.68. The van der Waals surface area contributed by atoms with Crippen LogP contribution in [-0.4, -0.2) is 4.83 Å². The molecule has 0 heterocycles. The summed E-state index contributed by atoms with van der Waals surface area (Å²) in [5, 5.41) is 0. The molecule has 1 aromatic rings. The van der Waals surface area contributed by atoms with Gasteiger partial charge in [-0.15, -0.1) is 0 Å². The van der Waals surface area contributed by atoms with E-state index in [-0.39, 0.29) is 5.41 Å². The topological polar surface area (TPSA) is 0 Å². The molecule has 0 aromatic heterocycles. The second kappa shape index (κ2) is 5.56. The van der Waals surface area contributed by atoms with E-state index in [0.29, 0.717) is 16.7 Å². The number of rotatable bonds is 3. The van der Waals surface area contributed by atoms with Gasteiger partial charge in [0.25, 0.3) is 0 Å². The van der Waals surface area contributed by atoms with Crippen molar-refractivity contribution in [1.82, 2.24) is 0 Å². The Morgan fingerprint density at radius 1 is 0.941 bits per heavy atom. The van der Waals surface area contributed by atoms with Gasteiger partial charge >= 0.3 is 0 Å². The average Bonchev–Trinajstić information content (AvgIpc) is 2.26. The van der Waals surface area contributed by atoms with Crippen LogP contribution in [-0.2, 0) is 5.41 Å². The molecule has 3 atom stereocenters. The summed E-state index contributed by atoms with van der Waals surface area (Å²) < 4.78 is 0. The van der Waals surface area contributed by atoms with E-state index in [4.69, 9.17) is 0 Å². The van der Waals surface area contributed by atoms with Crippen molar-refractivity contribution in [2.24, 2.45) is 5.92 Å². The zero-order valence-corrected chi connectivity index (χ0v) is 13.5. The summed E-state index contributed by atoms with van der Waals surface area (Å²) in [5.41, 5.74) is 3.10. The summed E-state index contributed by atoms with van der Waals surface area (Å²) in [6.07, 6.45) is 0. The van der Waals surface area contributed by atoms with Crippen molar-refractivity contribution in [3.63, 3.8) is 0 Å². The molecule has 1 rings (SSSR count). The molecule has 0 aliphatic rings. The molecule has 0 spiro atoms. The van der Waals surface area contributed by atoms with Crippen molar-refractivity contribution >= 4 is 15.9 Å². The van der Waals surface area contributed by atoms with Gasteiger partial charge in [-0.1, -0.05) is 81.7 Å². The van der Waals surface area contributed by atoms with E-state index in [9.17, 15) is 0 Å². The van der Waals surface area contributed by atoms with E-state index >= 15 is 0 Å². The van der Waals surface area contributed by atoms with Crippen molar-refractivity contribution in [2.45, 2.75) is 57.7 Å².